The minimum absolute atomic E-state index is 0.000746. The van der Waals surface area contributed by atoms with Crippen LogP contribution in [0.5, 0.6) is 0 Å². The Morgan fingerprint density at radius 1 is 0.737 bits per heavy atom. The standard InChI is InChI=1S/C30H26N2O6/c33-27(38-32-28(34)24-11-5-6-12-25(24)29(32)35)17-19-13-15-31(16-14-19)30(36)37-18-26-22-9-3-1-7-20(22)21-8-2-4-10-23(21)26/h1-12,19,26H,13-18H2. The van der Waals surface area contributed by atoms with Gasteiger partial charge in [-0.15, -0.1) is 0 Å². The number of likely N-dealkylation sites (tertiary alicyclic amines) is 1. The number of amides is 3. The first-order valence-electron chi connectivity index (χ1n) is 12.8. The number of rotatable bonds is 5. The molecular formula is C30H26N2O6. The summed E-state index contributed by atoms with van der Waals surface area (Å²) in [7, 11) is 0. The van der Waals surface area contributed by atoms with Gasteiger partial charge in [-0.05, 0) is 53.1 Å². The molecule has 0 radical (unpaired) electrons. The van der Waals surface area contributed by atoms with Gasteiger partial charge in [-0.2, -0.15) is 0 Å². The Kier molecular flexibility index (Phi) is 6.15. The zero-order chi connectivity index (χ0) is 26.2. The first-order valence-corrected chi connectivity index (χ1v) is 12.8. The van der Waals surface area contributed by atoms with Crippen molar-refractivity contribution in [2.45, 2.75) is 25.2 Å². The molecule has 2 aliphatic heterocycles. The summed E-state index contributed by atoms with van der Waals surface area (Å²) < 4.78 is 5.75. The third kappa shape index (κ3) is 4.22. The molecule has 0 aromatic heterocycles. The summed E-state index contributed by atoms with van der Waals surface area (Å²) >= 11 is 0. The third-order valence-electron chi connectivity index (χ3n) is 7.61. The second kappa shape index (κ2) is 9.78. The van der Waals surface area contributed by atoms with Gasteiger partial charge in [0.05, 0.1) is 17.5 Å². The van der Waals surface area contributed by atoms with E-state index in [-0.39, 0.29) is 42.1 Å². The van der Waals surface area contributed by atoms with E-state index in [4.69, 9.17) is 9.57 Å². The molecule has 1 fully saturated rings. The van der Waals surface area contributed by atoms with Crippen molar-refractivity contribution in [3.8, 4) is 11.1 Å². The van der Waals surface area contributed by atoms with Gasteiger partial charge in [-0.3, -0.25) is 9.59 Å². The maximum Gasteiger partial charge on any atom is 0.409 e. The molecule has 3 amide bonds. The number of nitrogens with zero attached hydrogens (tertiary/aromatic N) is 2. The molecule has 2 heterocycles. The molecule has 0 N–H and O–H groups in total. The minimum Gasteiger partial charge on any atom is -0.448 e. The molecule has 0 unspecified atom stereocenters. The van der Waals surface area contributed by atoms with Crippen LogP contribution in [0.4, 0.5) is 4.79 Å². The van der Waals surface area contributed by atoms with Gasteiger partial charge < -0.3 is 14.5 Å². The van der Waals surface area contributed by atoms with E-state index >= 15 is 0 Å². The Morgan fingerprint density at radius 2 is 1.24 bits per heavy atom. The SMILES string of the molecule is O=C(CC1CCN(C(=O)OCC2c3ccccc3-c3ccccc32)CC1)ON1C(=O)c2ccccc2C1=O. The molecule has 192 valence electrons. The molecule has 8 nitrogen and oxygen atoms in total. The van der Waals surface area contributed by atoms with E-state index in [1.54, 1.807) is 17.0 Å². The van der Waals surface area contributed by atoms with Crippen LogP contribution in [0.25, 0.3) is 11.1 Å². The van der Waals surface area contributed by atoms with Crippen LogP contribution in [0.2, 0.25) is 0 Å². The number of fused-ring (bicyclic) bond motifs is 4. The lowest BCUT2D eigenvalue weighted by Crippen LogP contribution is -2.40. The van der Waals surface area contributed by atoms with Crippen LogP contribution >= 0.6 is 0 Å². The Balaban J connectivity index is 0.995. The van der Waals surface area contributed by atoms with Gasteiger partial charge in [-0.25, -0.2) is 9.59 Å². The molecule has 0 atom stereocenters. The lowest BCUT2D eigenvalue weighted by molar-refractivity contribution is -0.170. The number of carbonyl (C=O) groups excluding carboxylic acids is 4. The summed E-state index contributed by atoms with van der Waals surface area (Å²) in [5.74, 6) is -1.93. The molecule has 0 saturated carbocycles. The normalized spacial score (nSPS) is 16.7. The van der Waals surface area contributed by atoms with Crippen molar-refractivity contribution in [1.29, 1.82) is 0 Å². The Labute approximate surface area is 219 Å². The van der Waals surface area contributed by atoms with E-state index < -0.39 is 17.8 Å². The number of benzene rings is 3. The van der Waals surface area contributed by atoms with Gasteiger partial charge in [0.25, 0.3) is 11.8 Å². The number of imide groups is 1. The quantitative estimate of drug-likeness (QED) is 0.458. The van der Waals surface area contributed by atoms with E-state index in [2.05, 4.69) is 24.3 Å². The number of hydrogen-bond donors (Lipinski definition) is 0. The van der Waals surface area contributed by atoms with Crippen molar-refractivity contribution >= 4 is 23.9 Å². The molecule has 3 aromatic rings. The first kappa shape index (κ1) is 23.9. The largest absolute Gasteiger partial charge is 0.448 e. The van der Waals surface area contributed by atoms with Crippen molar-refractivity contribution in [2.75, 3.05) is 19.7 Å². The molecule has 0 bridgehead atoms. The first-order chi connectivity index (χ1) is 18.5. The van der Waals surface area contributed by atoms with E-state index in [9.17, 15) is 19.2 Å². The number of hydrogen-bond acceptors (Lipinski definition) is 6. The summed E-state index contributed by atoms with van der Waals surface area (Å²) in [6.07, 6.45) is 0.897. The van der Waals surface area contributed by atoms with Gasteiger partial charge in [0.2, 0.25) is 0 Å². The van der Waals surface area contributed by atoms with Crippen LogP contribution in [0.15, 0.2) is 72.8 Å². The minimum atomic E-state index is -0.640. The topological polar surface area (TPSA) is 93.2 Å². The second-order valence-electron chi connectivity index (χ2n) is 9.85. The number of ether oxygens (including phenoxy) is 1. The van der Waals surface area contributed by atoms with E-state index in [1.165, 1.54) is 23.3 Å². The molecule has 3 aliphatic rings. The van der Waals surface area contributed by atoms with Crippen LogP contribution < -0.4 is 0 Å². The van der Waals surface area contributed by atoms with Crippen LogP contribution in [-0.2, 0) is 14.4 Å². The summed E-state index contributed by atoms with van der Waals surface area (Å²) in [6.45, 7) is 1.18. The maximum atomic E-state index is 12.8. The van der Waals surface area contributed by atoms with Crippen molar-refractivity contribution in [2.24, 2.45) is 5.92 Å². The highest BCUT2D eigenvalue weighted by Crippen LogP contribution is 2.44. The van der Waals surface area contributed by atoms with Gasteiger partial charge >= 0.3 is 12.1 Å². The summed E-state index contributed by atoms with van der Waals surface area (Å²) in [5, 5.41) is 0.540. The third-order valence-corrected chi connectivity index (χ3v) is 7.61. The highest BCUT2D eigenvalue weighted by atomic mass is 16.7. The van der Waals surface area contributed by atoms with Gasteiger partial charge in [-0.1, -0.05) is 65.7 Å². The van der Waals surface area contributed by atoms with Crippen LogP contribution in [0.1, 0.15) is 57.0 Å². The number of carbonyl (C=O) groups is 4. The van der Waals surface area contributed by atoms with Gasteiger partial charge in [0.15, 0.2) is 0 Å². The van der Waals surface area contributed by atoms with Crippen LogP contribution in [0, 0.1) is 5.92 Å². The Morgan fingerprint density at radius 3 is 1.79 bits per heavy atom. The monoisotopic (exact) mass is 510 g/mol. The van der Waals surface area contributed by atoms with E-state index in [0.29, 0.717) is 31.0 Å². The summed E-state index contributed by atoms with van der Waals surface area (Å²) in [6, 6.07) is 22.8. The highest BCUT2D eigenvalue weighted by molar-refractivity contribution is 6.20. The summed E-state index contributed by atoms with van der Waals surface area (Å²) in [4.78, 5) is 57.0. The van der Waals surface area contributed by atoms with Gasteiger partial charge in [0.1, 0.15) is 6.61 Å². The highest BCUT2D eigenvalue weighted by Gasteiger charge is 2.39. The zero-order valence-electron chi connectivity index (χ0n) is 20.7. The van der Waals surface area contributed by atoms with Crippen molar-refractivity contribution in [3.05, 3.63) is 95.1 Å². The second-order valence-corrected chi connectivity index (χ2v) is 9.85. The number of piperidine rings is 1. The number of hydroxylamine groups is 2. The lowest BCUT2D eigenvalue weighted by atomic mass is 9.94. The predicted molar refractivity (Wildman–Crippen MR) is 137 cm³/mol. The fourth-order valence-electron chi connectivity index (χ4n) is 5.63. The molecule has 1 aliphatic carbocycles. The molecule has 1 saturated heterocycles. The molecule has 3 aromatic carbocycles. The van der Waals surface area contributed by atoms with E-state index in [1.807, 2.05) is 24.3 Å². The summed E-state index contributed by atoms with van der Waals surface area (Å²) in [5.41, 5.74) is 5.13. The Bertz CT molecular complexity index is 1360. The predicted octanol–water partition coefficient (Wildman–Crippen LogP) is 4.79. The molecule has 38 heavy (non-hydrogen) atoms. The molecule has 0 spiro atoms. The molecule has 6 rings (SSSR count). The van der Waals surface area contributed by atoms with Crippen LogP contribution in [-0.4, -0.2) is 53.5 Å². The zero-order valence-corrected chi connectivity index (χ0v) is 20.7. The lowest BCUT2D eigenvalue weighted by Gasteiger charge is -2.31. The van der Waals surface area contributed by atoms with Crippen molar-refractivity contribution in [3.63, 3.8) is 0 Å². The van der Waals surface area contributed by atoms with Crippen LogP contribution in [0.3, 0.4) is 0 Å². The smallest absolute Gasteiger partial charge is 0.409 e. The fraction of sp³-hybridized carbons (Fsp3) is 0.267. The molecular weight excluding hydrogens is 484 g/mol. The fourth-order valence-corrected chi connectivity index (χ4v) is 5.63. The average molecular weight is 511 g/mol. The maximum absolute atomic E-state index is 12.8. The average Bonchev–Trinajstić information content (AvgIpc) is 3.39. The van der Waals surface area contributed by atoms with Crippen molar-refractivity contribution < 1.29 is 28.8 Å². The Hall–Kier alpha value is -4.46. The molecule has 8 heteroatoms. The van der Waals surface area contributed by atoms with E-state index in [0.717, 1.165) is 11.1 Å². The van der Waals surface area contributed by atoms with Gasteiger partial charge in [0, 0.05) is 19.0 Å². The van der Waals surface area contributed by atoms with Crippen molar-refractivity contribution in [1.82, 2.24) is 9.96 Å².